The SMILES string of the molecule is CC1COCC(CC(O)c2ccco2)N1. The summed E-state index contributed by atoms with van der Waals surface area (Å²) >= 11 is 0. The van der Waals surface area contributed by atoms with E-state index in [1.165, 1.54) is 0 Å². The highest BCUT2D eigenvalue weighted by atomic mass is 16.5. The van der Waals surface area contributed by atoms with Crippen molar-refractivity contribution >= 4 is 0 Å². The number of ether oxygens (including phenoxy) is 1. The highest BCUT2D eigenvalue weighted by molar-refractivity contribution is 5.02. The van der Waals surface area contributed by atoms with E-state index in [-0.39, 0.29) is 6.04 Å². The highest BCUT2D eigenvalue weighted by Crippen LogP contribution is 2.19. The molecule has 2 rings (SSSR count). The Morgan fingerprint density at radius 2 is 2.47 bits per heavy atom. The lowest BCUT2D eigenvalue weighted by Crippen LogP contribution is -2.47. The zero-order valence-electron chi connectivity index (χ0n) is 8.85. The largest absolute Gasteiger partial charge is 0.467 e. The van der Waals surface area contributed by atoms with Crippen molar-refractivity contribution in [2.75, 3.05) is 13.2 Å². The molecule has 0 bridgehead atoms. The summed E-state index contributed by atoms with van der Waals surface area (Å²) in [7, 11) is 0. The van der Waals surface area contributed by atoms with E-state index in [1.807, 2.05) is 0 Å². The molecule has 1 saturated heterocycles. The summed E-state index contributed by atoms with van der Waals surface area (Å²) in [5.74, 6) is 0.620. The average Bonchev–Trinajstić information content (AvgIpc) is 2.70. The van der Waals surface area contributed by atoms with Crippen molar-refractivity contribution in [1.29, 1.82) is 0 Å². The molecule has 0 saturated carbocycles. The lowest BCUT2D eigenvalue weighted by molar-refractivity contribution is 0.0267. The van der Waals surface area contributed by atoms with Crippen LogP contribution in [-0.4, -0.2) is 30.4 Å². The van der Waals surface area contributed by atoms with Crippen molar-refractivity contribution in [2.24, 2.45) is 0 Å². The summed E-state index contributed by atoms with van der Waals surface area (Å²) in [6.07, 6.45) is 1.65. The van der Waals surface area contributed by atoms with E-state index in [1.54, 1.807) is 18.4 Å². The number of morpholine rings is 1. The molecule has 3 unspecified atom stereocenters. The minimum atomic E-state index is -0.550. The smallest absolute Gasteiger partial charge is 0.132 e. The van der Waals surface area contributed by atoms with Crippen molar-refractivity contribution < 1.29 is 14.3 Å². The third-order valence-corrected chi connectivity index (χ3v) is 2.59. The van der Waals surface area contributed by atoms with Gasteiger partial charge in [0, 0.05) is 12.1 Å². The first-order valence-corrected chi connectivity index (χ1v) is 5.31. The van der Waals surface area contributed by atoms with Gasteiger partial charge in [0.25, 0.3) is 0 Å². The first-order valence-electron chi connectivity index (χ1n) is 5.31. The quantitative estimate of drug-likeness (QED) is 0.785. The van der Waals surface area contributed by atoms with Crippen LogP contribution in [0.2, 0.25) is 0 Å². The monoisotopic (exact) mass is 211 g/mol. The summed E-state index contributed by atoms with van der Waals surface area (Å²) in [6, 6.07) is 4.13. The van der Waals surface area contributed by atoms with E-state index < -0.39 is 6.10 Å². The van der Waals surface area contributed by atoms with Crippen molar-refractivity contribution in [1.82, 2.24) is 5.32 Å². The van der Waals surface area contributed by atoms with E-state index in [2.05, 4.69) is 12.2 Å². The van der Waals surface area contributed by atoms with E-state index >= 15 is 0 Å². The van der Waals surface area contributed by atoms with Crippen LogP contribution in [0.15, 0.2) is 22.8 Å². The maximum absolute atomic E-state index is 9.86. The fraction of sp³-hybridized carbons (Fsp3) is 0.636. The topological polar surface area (TPSA) is 54.6 Å². The number of aliphatic hydroxyl groups is 1. The Hall–Kier alpha value is -0.840. The molecular formula is C11H17NO3. The number of rotatable bonds is 3. The van der Waals surface area contributed by atoms with Gasteiger partial charge >= 0.3 is 0 Å². The van der Waals surface area contributed by atoms with Gasteiger partial charge in [0.2, 0.25) is 0 Å². The third kappa shape index (κ3) is 2.81. The van der Waals surface area contributed by atoms with Crippen molar-refractivity contribution in [2.45, 2.75) is 31.5 Å². The number of aliphatic hydroxyl groups excluding tert-OH is 1. The van der Waals surface area contributed by atoms with Gasteiger partial charge in [0.05, 0.1) is 19.5 Å². The zero-order valence-corrected chi connectivity index (χ0v) is 8.85. The Balaban J connectivity index is 1.86. The molecule has 1 aliphatic rings. The molecule has 4 nitrogen and oxygen atoms in total. The molecule has 15 heavy (non-hydrogen) atoms. The third-order valence-electron chi connectivity index (χ3n) is 2.59. The Morgan fingerprint density at radius 1 is 1.60 bits per heavy atom. The summed E-state index contributed by atoms with van der Waals surface area (Å²) in [5, 5.41) is 13.2. The van der Waals surface area contributed by atoms with E-state index in [0.717, 1.165) is 6.61 Å². The predicted octanol–water partition coefficient (Wildman–Crippen LogP) is 1.08. The maximum atomic E-state index is 9.86. The van der Waals surface area contributed by atoms with Gasteiger partial charge < -0.3 is 19.6 Å². The number of hydrogen-bond acceptors (Lipinski definition) is 4. The minimum Gasteiger partial charge on any atom is -0.467 e. The minimum absolute atomic E-state index is 0.203. The van der Waals surface area contributed by atoms with Crippen LogP contribution < -0.4 is 5.32 Å². The van der Waals surface area contributed by atoms with E-state index in [0.29, 0.717) is 24.8 Å². The van der Waals surface area contributed by atoms with E-state index in [4.69, 9.17) is 9.15 Å². The van der Waals surface area contributed by atoms with Crippen LogP contribution in [0.3, 0.4) is 0 Å². The molecule has 0 aromatic carbocycles. The molecule has 84 valence electrons. The van der Waals surface area contributed by atoms with Gasteiger partial charge in [-0.05, 0) is 25.5 Å². The molecule has 3 atom stereocenters. The summed E-state index contributed by atoms with van der Waals surface area (Å²) in [4.78, 5) is 0. The average molecular weight is 211 g/mol. The maximum Gasteiger partial charge on any atom is 0.132 e. The lowest BCUT2D eigenvalue weighted by Gasteiger charge is -2.29. The van der Waals surface area contributed by atoms with Gasteiger partial charge in [-0.3, -0.25) is 0 Å². The molecule has 0 radical (unpaired) electrons. The van der Waals surface area contributed by atoms with Crippen molar-refractivity contribution in [3.63, 3.8) is 0 Å². The van der Waals surface area contributed by atoms with Crippen LogP contribution in [0.4, 0.5) is 0 Å². The van der Waals surface area contributed by atoms with Gasteiger partial charge in [0.1, 0.15) is 11.9 Å². The molecule has 1 aromatic rings. The molecule has 0 aliphatic carbocycles. The van der Waals surface area contributed by atoms with Crippen LogP contribution in [-0.2, 0) is 4.74 Å². The van der Waals surface area contributed by atoms with Crippen LogP contribution >= 0.6 is 0 Å². The molecule has 0 spiro atoms. The normalized spacial score (nSPS) is 28.9. The number of nitrogens with one attached hydrogen (secondary N) is 1. The Kier molecular flexibility index (Phi) is 3.41. The summed E-state index contributed by atoms with van der Waals surface area (Å²) in [5.41, 5.74) is 0. The second-order valence-electron chi connectivity index (χ2n) is 4.07. The van der Waals surface area contributed by atoms with Gasteiger partial charge in [-0.25, -0.2) is 0 Å². The first kappa shape index (κ1) is 10.7. The number of hydrogen-bond donors (Lipinski definition) is 2. The molecule has 2 N–H and O–H groups in total. The molecule has 0 amide bonds. The van der Waals surface area contributed by atoms with Crippen LogP contribution in [0, 0.1) is 0 Å². The molecule has 1 fully saturated rings. The van der Waals surface area contributed by atoms with Crippen molar-refractivity contribution in [3.8, 4) is 0 Å². The fourth-order valence-corrected chi connectivity index (χ4v) is 1.89. The standard InChI is InChI=1S/C11H17NO3/c1-8-6-14-7-9(12-8)5-10(13)11-3-2-4-15-11/h2-4,8-10,12-13H,5-7H2,1H3. The van der Waals surface area contributed by atoms with Crippen molar-refractivity contribution in [3.05, 3.63) is 24.2 Å². The van der Waals surface area contributed by atoms with Gasteiger partial charge in [-0.15, -0.1) is 0 Å². The predicted molar refractivity (Wildman–Crippen MR) is 55.5 cm³/mol. The first-order chi connectivity index (χ1) is 7.25. The van der Waals surface area contributed by atoms with Crippen LogP contribution in [0.25, 0.3) is 0 Å². The van der Waals surface area contributed by atoms with Crippen LogP contribution in [0.1, 0.15) is 25.2 Å². The van der Waals surface area contributed by atoms with Gasteiger partial charge in [-0.2, -0.15) is 0 Å². The number of furan rings is 1. The second-order valence-corrected chi connectivity index (χ2v) is 4.07. The Labute approximate surface area is 89.2 Å². The fourth-order valence-electron chi connectivity index (χ4n) is 1.89. The Bertz CT molecular complexity index is 286. The molecule has 1 aromatic heterocycles. The molecule has 2 heterocycles. The van der Waals surface area contributed by atoms with Crippen LogP contribution in [0.5, 0.6) is 0 Å². The zero-order chi connectivity index (χ0) is 10.7. The Morgan fingerprint density at radius 3 is 3.13 bits per heavy atom. The highest BCUT2D eigenvalue weighted by Gasteiger charge is 2.22. The molecule has 4 heteroatoms. The van der Waals surface area contributed by atoms with E-state index in [9.17, 15) is 5.11 Å². The second kappa shape index (κ2) is 4.79. The summed E-state index contributed by atoms with van der Waals surface area (Å²) < 4.78 is 10.6. The molecular weight excluding hydrogens is 194 g/mol. The lowest BCUT2D eigenvalue weighted by atomic mass is 10.1. The van der Waals surface area contributed by atoms with Gasteiger partial charge in [-0.1, -0.05) is 0 Å². The summed E-state index contributed by atoms with van der Waals surface area (Å²) in [6.45, 7) is 3.47. The molecule has 1 aliphatic heterocycles. The van der Waals surface area contributed by atoms with Gasteiger partial charge in [0.15, 0.2) is 0 Å².